The number of aromatic nitrogens is 1. The first-order valence-corrected chi connectivity index (χ1v) is 9.70. The molecule has 6 nitrogen and oxygen atoms in total. The highest BCUT2D eigenvalue weighted by molar-refractivity contribution is 6.30. The third-order valence-corrected chi connectivity index (χ3v) is 5.74. The minimum atomic E-state index is -3.13. The highest BCUT2D eigenvalue weighted by Crippen LogP contribution is 2.53. The number of alkyl halides is 3. The van der Waals surface area contributed by atoms with Crippen LogP contribution in [0, 0.1) is 11.7 Å². The molecule has 0 spiro atoms. The van der Waals surface area contributed by atoms with Crippen LogP contribution in [0.5, 0.6) is 0 Å². The van der Waals surface area contributed by atoms with E-state index in [1.165, 1.54) is 30.5 Å². The lowest BCUT2D eigenvalue weighted by Gasteiger charge is -2.40. The Morgan fingerprint density at radius 2 is 2.06 bits per heavy atom. The van der Waals surface area contributed by atoms with Crippen LogP contribution in [0.2, 0.25) is 5.02 Å². The van der Waals surface area contributed by atoms with Gasteiger partial charge in [-0.05, 0) is 30.3 Å². The van der Waals surface area contributed by atoms with Crippen molar-refractivity contribution in [3.05, 3.63) is 58.6 Å². The normalized spacial score (nSPS) is 26.5. The van der Waals surface area contributed by atoms with Crippen LogP contribution in [0.3, 0.4) is 0 Å². The van der Waals surface area contributed by atoms with Gasteiger partial charge in [-0.15, -0.1) is 0 Å². The van der Waals surface area contributed by atoms with Gasteiger partial charge in [0.25, 0.3) is 17.9 Å². The molecule has 4 rings (SSSR count). The molecule has 2 aliphatic rings. The maximum Gasteiger partial charge on any atom is 0.283 e. The number of anilines is 1. The second-order valence-corrected chi connectivity index (χ2v) is 7.98. The van der Waals surface area contributed by atoms with Gasteiger partial charge in [0.2, 0.25) is 0 Å². The summed E-state index contributed by atoms with van der Waals surface area (Å²) in [6, 6.07) is 5.79. The minimum absolute atomic E-state index is 0.0410. The number of fused-ring (bicyclic) bond motifs is 1. The molecule has 164 valence electrons. The SMILES string of the molecule is NC1=NC(CF)(c2cc(NC(=O)c3ccc(Cl)cn3)ccc2F)C2CC(F)(F)C[C@@H]2O1. The number of nitrogens with two attached hydrogens (primary N) is 1. The van der Waals surface area contributed by atoms with Crippen molar-refractivity contribution in [1.29, 1.82) is 0 Å². The van der Waals surface area contributed by atoms with E-state index < -0.39 is 60.7 Å². The standard InChI is InChI=1S/C20H17ClF4N4O2/c21-10-1-4-15(27-8-10)17(30)28-11-2-3-14(23)12(5-11)20(9-22)13-6-19(24,25)7-16(13)31-18(26)29-20/h1-5,8,13,16H,6-7,9H2,(H2,26,29)(H,28,30)/t13?,16-,20?/m0/s1. The largest absolute Gasteiger partial charge is 0.461 e. The van der Waals surface area contributed by atoms with E-state index in [-0.39, 0.29) is 16.9 Å². The monoisotopic (exact) mass is 456 g/mol. The second kappa shape index (κ2) is 7.67. The van der Waals surface area contributed by atoms with Crippen molar-refractivity contribution in [2.75, 3.05) is 12.0 Å². The lowest BCUT2D eigenvalue weighted by atomic mass is 9.76. The van der Waals surface area contributed by atoms with Crippen molar-refractivity contribution in [1.82, 2.24) is 4.98 Å². The molecular formula is C20H17ClF4N4O2. The third kappa shape index (κ3) is 3.91. The Bertz CT molecular complexity index is 1050. The van der Waals surface area contributed by atoms with E-state index in [1.807, 2.05) is 0 Å². The molecule has 2 aromatic rings. The van der Waals surface area contributed by atoms with E-state index >= 15 is 0 Å². The molecule has 2 heterocycles. The first-order chi connectivity index (χ1) is 14.6. The molecular weight excluding hydrogens is 440 g/mol. The lowest BCUT2D eigenvalue weighted by molar-refractivity contribution is -0.00299. The van der Waals surface area contributed by atoms with Gasteiger partial charge in [0, 0.05) is 36.2 Å². The fourth-order valence-corrected chi connectivity index (χ4v) is 4.25. The molecule has 1 saturated carbocycles. The van der Waals surface area contributed by atoms with Crippen molar-refractivity contribution in [2.45, 2.75) is 30.4 Å². The van der Waals surface area contributed by atoms with Gasteiger partial charge < -0.3 is 15.8 Å². The van der Waals surface area contributed by atoms with Crippen LogP contribution in [0.25, 0.3) is 0 Å². The number of hydrogen-bond acceptors (Lipinski definition) is 5. The van der Waals surface area contributed by atoms with Crippen LogP contribution in [0.4, 0.5) is 23.2 Å². The highest BCUT2D eigenvalue weighted by Gasteiger charge is 2.60. The number of halogens is 5. The lowest BCUT2D eigenvalue weighted by Crippen LogP contribution is -2.48. The summed E-state index contributed by atoms with van der Waals surface area (Å²) in [5.74, 6) is -5.76. The summed E-state index contributed by atoms with van der Waals surface area (Å²) in [4.78, 5) is 20.2. The molecule has 1 aliphatic carbocycles. The number of pyridine rings is 1. The number of amides is 1. The molecule has 2 unspecified atom stereocenters. The van der Waals surface area contributed by atoms with Gasteiger partial charge in [-0.3, -0.25) is 4.79 Å². The van der Waals surface area contributed by atoms with Gasteiger partial charge in [0.15, 0.2) is 0 Å². The molecule has 31 heavy (non-hydrogen) atoms. The summed E-state index contributed by atoms with van der Waals surface area (Å²) >= 11 is 5.75. The molecule has 3 atom stereocenters. The van der Waals surface area contributed by atoms with E-state index in [2.05, 4.69) is 15.3 Å². The Kier molecular flexibility index (Phi) is 5.28. The smallest absolute Gasteiger partial charge is 0.283 e. The Hall–Kier alpha value is -2.88. The van der Waals surface area contributed by atoms with Crippen LogP contribution in [0.15, 0.2) is 41.5 Å². The van der Waals surface area contributed by atoms with E-state index in [1.54, 1.807) is 0 Å². The van der Waals surface area contributed by atoms with Crippen LogP contribution >= 0.6 is 11.6 Å². The Balaban J connectivity index is 1.72. The summed E-state index contributed by atoms with van der Waals surface area (Å²) in [7, 11) is 0. The first-order valence-electron chi connectivity index (χ1n) is 9.32. The number of rotatable bonds is 4. The maximum absolute atomic E-state index is 14.8. The molecule has 1 amide bonds. The maximum atomic E-state index is 14.8. The molecule has 1 aromatic heterocycles. The summed E-state index contributed by atoms with van der Waals surface area (Å²) in [5, 5.41) is 2.86. The average Bonchev–Trinajstić information content (AvgIpc) is 3.03. The van der Waals surface area contributed by atoms with Crippen LogP contribution in [-0.2, 0) is 10.3 Å². The number of benzene rings is 1. The predicted octanol–water partition coefficient (Wildman–Crippen LogP) is 4.05. The van der Waals surface area contributed by atoms with Gasteiger partial charge >= 0.3 is 0 Å². The van der Waals surface area contributed by atoms with Gasteiger partial charge in [-0.25, -0.2) is 27.5 Å². The van der Waals surface area contributed by atoms with Crippen molar-refractivity contribution in [3.63, 3.8) is 0 Å². The number of nitrogens with zero attached hydrogens (tertiary/aromatic N) is 2. The van der Waals surface area contributed by atoms with Gasteiger partial charge in [0.1, 0.15) is 29.8 Å². The average molecular weight is 457 g/mol. The number of carbonyl (C=O) groups excluding carboxylic acids is 1. The molecule has 0 bridgehead atoms. The minimum Gasteiger partial charge on any atom is -0.461 e. The molecule has 1 aliphatic heterocycles. The Labute approximate surface area is 179 Å². The topological polar surface area (TPSA) is 89.6 Å². The zero-order chi connectivity index (χ0) is 22.4. The highest BCUT2D eigenvalue weighted by atomic mass is 35.5. The zero-order valence-corrected chi connectivity index (χ0v) is 16.7. The third-order valence-electron chi connectivity index (χ3n) is 5.52. The van der Waals surface area contributed by atoms with Crippen molar-refractivity contribution in [3.8, 4) is 0 Å². The fraction of sp³-hybridized carbons (Fsp3) is 0.350. The molecule has 1 fully saturated rings. The summed E-state index contributed by atoms with van der Waals surface area (Å²) < 4.78 is 62.6. The fourth-order valence-electron chi connectivity index (χ4n) is 4.14. The van der Waals surface area contributed by atoms with Crippen molar-refractivity contribution in [2.24, 2.45) is 16.6 Å². The summed E-state index contributed by atoms with van der Waals surface area (Å²) in [5.41, 5.74) is 3.48. The summed E-state index contributed by atoms with van der Waals surface area (Å²) in [6.45, 7) is -1.28. The van der Waals surface area contributed by atoms with E-state index in [9.17, 15) is 22.4 Å². The quantitative estimate of drug-likeness (QED) is 0.679. The van der Waals surface area contributed by atoms with Gasteiger partial charge in [0.05, 0.1) is 5.02 Å². The number of aliphatic imine (C=N–C) groups is 1. The Morgan fingerprint density at radius 1 is 1.29 bits per heavy atom. The molecule has 11 heteroatoms. The van der Waals surface area contributed by atoms with Crippen LogP contribution in [-0.4, -0.2) is 35.6 Å². The zero-order valence-electron chi connectivity index (χ0n) is 15.9. The van der Waals surface area contributed by atoms with E-state index in [4.69, 9.17) is 22.1 Å². The van der Waals surface area contributed by atoms with Gasteiger partial charge in [-0.1, -0.05) is 11.6 Å². The molecule has 0 radical (unpaired) electrons. The summed E-state index contributed by atoms with van der Waals surface area (Å²) in [6.07, 6.45) is -1.23. The van der Waals surface area contributed by atoms with E-state index in [0.717, 1.165) is 6.07 Å². The number of amidine groups is 1. The van der Waals surface area contributed by atoms with E-state index in [0.29, 0.717) is 5.02 Å². The van der Waals surface area contributed by atoms with Crippen LogP contribution in [0.1, 0.15) is 28.9 Å². The molecule has 0 saturated heterocycles. The number of hydrogen-bond donors (Lipinski definition) is 2. The molecule has 1 aromatic carbocycles. The van der Waals surface area contributed by atoms with Gasteiger partial charge in [-0.2, -0.15) is 0 Å². The van der Waals surface area contributed by atoms with Crippen molar-refractivity contribution < 1.29 is 27.1 Å². The number of ether oxygens (including phenoxy) is 1. The van der Waals surface area contributed by atoms with Crippen LogP contribution < -0.4 is 11.1 Å². The first kappa shape index (κ1) is 21.4. The Morgan fingerprint density at radius 3 is 2.74 bits per heavy atom. The van der Waals surface area contributed by atoms with Crippen molar-refractivity contribution >= 4 is 29.2 Å². The second-order valence-electron chi connectivity index (χ2n) is 7.55. The number of carbonyl (C=O) groups is 1. The predicted molar refractivity (Wildman–Crippen MR) is 105 cm³/mol. The number of nitrogens with one attached hydrogen (secondary N) is 1. The molecule has 3 N–H and O–H groups in total.